The molecule has 0 spiro atoms. The molecule has 1 aromatic rings. The van der Waals surface area contributed by atoms with Crippen LogP contribution in [0.25, 0.3) is 0 Å². The molecule has 0 radical (unpaired) electrons. The maximum Gasteiger partial charge on any atom is 0.0941 e. The first-order chi connectivity index (χ1) is 8.69. The highest BCUT2D eigenvalue weighted by Crippen LogP contribution is 2.18. The zero-order valence-corrected chi connectivity index (χ0v) is 12.2. The maximum absolute atomic E-state index is 5.67. The van der Waals surface area contributed by atoms with E-state index >= 15 is 0 Å². The second kappa shape index (κ2) is 6.61. The highest BCUT2D eigenvalue weighted by atomic mass is 32.1. The molecule has 0 bridgehead atoms. The van der Waals surface area contributed by atoms with Crippen molar-refractivity contribution in [1.82, 2.24) is 14.8 Å². The van der Waals surface area contributed by atoms with Crippen LogP contribution < -0.4 is 5.73 Å². The van der Waals surface area contributed by atoms with Crippen molar-refractivity contribution in [1.29, 1.82) is 0 Å². The molecule has 5 heteroatoms. The van der Waals surface area contributed by atoms with Crippen molar-refractivity contribution in [3.05, 3.63) is 16.1 Å². The van der Waals surface area contributed by atoms with E-state index < -0.39 is 0 Å². The van der Waals surface area contributed by atoms with E-state index in [1.54, 1.807) is 11.3 Å². The number of likely N-dealkylation sites (N-methyl/N-ethyl adjacent to an activating group) is 1. The smallest absolute Gasteiger partial charge is 0.0941 e. The molecule has 1 atom stereocenters. The minimum absolute atomic E-state index is 0.388. The summed E-state index contributed by atoms with van der Waals surface area (Å²) in [5.74, 6) is 0.388. The molecule has 1 aliphatic heterocycles. The van der Waals surface area contributed by atoms with Crippen molar-refractivity contribution in [2.75, 3.05) is 46.3 Å². The van der Waals surface area contributed by atoms with Gasteiger partial charge in [-0.25, -0.2) is 4.98 Å². The van der Waals surface area contributed by atoms with Crippen molar-refractivity contribution in [2.24, 2.45) is 5.73 Å². The van der Waals surface area contributed by atoms with Crippen LogP contribution in [0.1, 0.15) is 23.5 Å². The quantitative estimate of drug-likeness (QED) is 0.865. The summed E-state index contributed by atoms with van der Waals surface area (Å²) in [6.45, 7) is 8.71. The summed E-state index contributed by atoms with van der Waals surface area (Å²) in [4.78, 5) is 9.61. The number of aromatic nitrogens is 1. The van der Waals surface area contributed by atoms with Crippen LogP contribution in [0, 0.1) is 0 Å². The lowest BCUT2D eigenvalue weighted by Gasteiger charge is -2.32. The lowest BCUT2D eigenvalue weighted by atomic mass is 10.1. The van der Waals surface area contributed by atoms with E-state index in [2.05, 4.69) is 34.1 Å². The molecule has 1 fully saturated rings. The number of nitrogens with two attached hydrogens (primary N) is 1. The zero-order chi connectivity index (χ0) is 13.0. The SMILES string of the molecule is CC(CN)c1csc(CCN2CCN(C)CC2)n1. The van der Waals surface area contributed by atoms with Crippen LogP contribution in [-0.2, 0) is 6.42 Å². The van der Waals surface area contributed by atoms with Gasteiger partial charge in [0, 0.05) is 57.0 Å². The molecule has 4 nitrogen and oxygen atoms in total. The molecule has 1 aromatic heterocycles. The van der Waals surface area contributed by atoms with Gasteiger partial charge in [0.2, 0.25) is 0 Å². The molecular formula is C13H24N4S. The monoisotopic (exact) mass is 268 g/mol. The zero-order valence-electron chi connectivity index (χ0n) is 11.4. The van der Waals surface area contributed by atoms with Crippen molar-refractivity contribution in [3.63, 3.8) is 0 Å². The van der Waals surface area contributed by atoms with E-state index in [0.717, 1.165) is 18.7 Å². The molecule has 0 aromatic carbocycles. The second-order valence-corrected chi connectivity index (χ2v) is 6.14. The summed E-state index contributed by atoms with van der Waals surface area (Å²) in [5.41, 5.74) is 6.83. The highest BCUT2D eigenvalue weighted by molar-refractivity contribution is 7.09. The van der Waals surface area contributed by atoms with E-state index in [1.807, 2.05) is 0 Å². The Balaban J connectivity index is 1.78. The maximum atomic E-state index is 5.67. The van der Waals surface area contributed by atoms with E-state index in [9.17, 15) is 0 Å². The van der Waals surface area contributed by atoms with Crippen LogP contribution >= 0.6 is 11.3 Å². The van der Waals surface area contributed by atoms with Gasteiger partial charge in [0.05, 0.1) is 10.7 Å². The third-order valence-electron chi connectivity index (χ3n) is 3.67. The van der Waals surface area contributed by atoms with E-state index in [0.29, 0.717) is 12.5 Å². The second-order valence-electron chi connectivity index (χ2n) is 5.20. The number of hydrogen-bond acceptors (Lipinski definition) is 5. The Morgan fingerprint density at radius 3 is 2.78 bits per heavy atom. The van der Waals surface area contributed by atoms with Gasteiger partial charge < -0.3 is 15.5 Å². The molecule has 102 valence electrons. The Kier molecular flexibility index (Phi) is 5.12. The third-order valence-corrected chi connectivity index (χ3v) is 4.59. The first-order valence-electron chi connectivity index (χ1n) is 6.74. The van der Waals surface area contributed by atoms with Crippen LogP contribution in [0.15, 0.2) is 5.38 Å². The minimum atomic E-state index is 0.388. The first-order valence-corrected chi connectivity index (χ1v) is 7.62. The summed E-state index contributed by atoms with van der Waals surface area (Å²) in [7, 11) is 2.19. The Labute approximate surface area is 114 Å². The summed E-state index contributed by atoms with van der Waals surface area (Å²) >= 11 is 1.78. The molecule has 2 rings (SSSR count). The highest BCUT2D eigenvalue weighted by Gasteiger charge is 2.14. The molecule has 0 amide bonds. The Bertz CT molecular complexity index is 358. The van der Waals surface area contributed by atoms with Crippen molar-refractivity contribution >= 4 is 11.3 Å². The molecule has 1 unspecified atom stereocenters. The molecule has 2 heterocycles. The Morgan fingerprint density at radius 1 is 1.39 bits per heavy atom. The number of nitrogens with zero attached hydrogens (tertiary/aromatic N) is 3. The third kappa shape index (κ3) is 3.75. The minimum Gasteiger partial charge on any atom is -0.330 e. The lowest BCUT2D eigenvalue weighted by molar-refractivity contribution is 0.155. The molecule has 1 aliphatic rings. The largest absolute Gasteiger partial charge is 0.330 e. The van der Waals surface area contributed by atoms with Gasteiger partial charge in [0.25, 0.3) is 0 Å². The van der Waals surface area contributed by atoms with Crippen LogP contribution in [0.3, 0.4) is 0 Å². The standard InChI is InChI=1S/C13H24N4S/c1-11(9-14)12-10-18-13(15-12)3-4-17-7-5-16(2)6-8-17/h10-11H,3-9,14H2,1-2H3. The fourth-order valence-corrected chi connectivity index (χ4v) is 3.02. The van der Waals surface area contributed by atoms with Gasteiger partial charge >= 0.3 is 0 Å². The first kappa shape index (κ1) is 13.9. The molecule has 18 heavy (non-hydrogen) atoms. The van der Waals surface area contributed by atoms with Crippen LogP contribution in [-0.4, -0.2) is 61.1 Å². The summed E-state index contributed by atoms with van der Waals surface area (Å²) < 4.78 is 0. The Morgan fingerprint density at radius 2 is 2.11 bits per heavy atom. The molecule has 0 aliphatic carbocycles. The average Bonchev–Trinajstić information content (AvgIpc) is 2.86. The normalized spacial score (nSPS) is 20.2. The van der Waals surface area contributed by atoms with Gasteiger partial charge in [-0.2, -0.15) is 0 Å². The fraction of sp³-hybridized carbons (Fsp3) is 0.769. The van der Waals surface area contributed by atoms with Gasteiger partial charge in [0.15, 0.2) is 0 Å². The van der Waals surface area contributed by atoms with E-state index in [1.165, 1.54) is 31.2 Å². The molecule has 0 saturated carbocycles. The van der Waals surface area contributed by atoms with Gasteiger partial charge in [-0.1, -0.05) is 6.92 Å². The number of rotatable bonds is 5. The number of piperazine rings is 1. The van der Waals surface area contributed by atoms with E-state index in [4.69, 9.17) is 5.73 Å². The average molecular weight is 268 g/mol. The Hall–Kier alpha value is -0.490. The molecule has 1 saturated heterocycles. The summed E-state index contributed by atoms with van der Waals surface area (Å²) in [5, 5.41) is 3.42. The number of thiazole rings is 1. The van der Waals surface area contributed by atoms with E-state index in [-0.39, 0.29) is 0 Å². The van der Waals surface area contributed by atoms with Crippen LogP contribution in [0.4, 0.5) is 0 Å². The van der Waals surface area contributed by atoms with Gasteiger partial charge in [-0.3, -0.25) is 0 Å². The van der Waals surface area contributed by atoms with Crippen LogP contribution in [0.2, 0.25) is 0 Å². The number of hydrogen-bond donors (Lipinski definition) is 1. The summed E-state index contributed by atoms with van der Waals surface area (Å²) in [6.07, 6.45) is 1.08. The summed E-state index contributed by atoms with van der Waals surface area (Å²) in [6, 6.07) is 0. The molecular weight excluding hydrogens is 244 g/mol. The van der Waals surface area contributed by atoms with Crippen molar-refractivity contribution in [2.45, 2.75) is 19.3 Å². The predicted octanol–water partition coefficient (Wildman–Crippen LogP) is 0.995. The predicted molar refractivity (Wildman–Crippen MR) is 77.2 cm³/mol. The lowest BCUT2D eigenvalue weighted by Crippen LogP contribution is -2.45. The molecule has 2 N–H and O–H groups in total. The fourth-order valence-electron chi connectivity index (χ4n) is 2.11. The van der Waals surface area contributed by atoms with Crippen molar-refractivity contribution in [3.8, 4) is 0 Å². The van der Waals surface area contributed by atoms with Gasteiger partial charge in [-0.05, 0) is 7.05 Å². The van der Waals surface area contributed by atoms with Crippen LogP contribution in [0.5, 0.6) is 0 Å². The van der Waals surface area contributed by atoms with Crippen molar-refractivity contribution < 1.29 is 0 Å². The van der Waals surface area contributed by atoms with Gasteiger partial charge in [-0.15, -0.1) is 11.3 Å². The van der Waals surface area contributed by atoms with Gasteiger partial charge in [0.1, 0.15) is 0 Å². The topological polar surface area (TPSA) is 45.4 Å².